The molecule has 1 atom stereocenters. The third-order valence-electron chi connectivity index (χ3n) is 4.25. The summed E-state index contributed by atoms with van der Waals surface area (Å²) in [6, 6.07) is 3.85. The van der Waals surface area contributed by atoms with Crippen molar-refractivity contribution in [2.24, 2.45) is 0 Å². The van der Waals surface area contributed by atoms with Crippen LogP contribution in [0.1, 0.15) is 25.1 Å². The minimum atomic E-state index is -0.389. The first-order valence-electron chi connectivity index (χ1n) is 8.35. The van der Waals surface area contributed by atoms with Crippen molar-refractivity contribution in [3.63, 3.8) is 0 Å². The smallest absolute Gasteiger partial charge is 0.237 e. The highest BCUT2D eigenvalue weighted by atomic mass is 32.1. The summed E-state index contributed by atoms with van der Waals surface area (Å²) in [6.45, 7) is 7.13. The molecule has 1 aromatic rings. The van der Waals surface area contributed by atoms with Gasteiger partial charge in [0.15, 0.2) is 0 Å². The summed E-state index contributed by atoms with van der Waals surface area (Å²) in [6.07, 6.45) is 0.207. The molecule has 1 N–H and O–H groups in total. The van der Waals surface area contributed by atoms with Gasteiger partial charge in [0.25, 0.3) is 0 Å². The Morgan fingerprint density at radius 1 is 1.54 bits per heavy atom. The van der Waals surface area contributed by atoms with Gasteiger partial charge in [0.2, 0.25) is 11.8 Å². The Labute approximate surface area is 147 Å². The zero-order valence-corrected chi connectivity index (χ0v) is 15.5. The number of thiophene rings is 1. The second kappa shape index (κ2) is 9.15. The summed E-state index contributed by atoms with van der Waals surface area (Å²) in [5, 5.41) is 4.88. The maximum atomic E-state index is 12.8. The maximum Gasteiger partial charge on any atom is 0.237 e. The number of carbonyl (C=O) groups is 2. The van der Waals surface area contributed by atoms with Crippen LogP contribution >= 0.6 is 11.3 Å². The van der Waals surface area contributed by atoms with E-state index in [-0.39, 0.29) is 30.3 Å². The van der Waals surface area contributed by atoms with Crippen molar-refractivity contribution >= 4 is 23.2 Å². The number of ether oxygens (including phenoxy) is 1. The molecule has 0 spiro atoms. The van der Waals surface area contributed by atoms with Gasteiger partial charge in [0, 0.05) is 37.7 Å². The van der Waals surface area contributed by atoms with E-state index in [2.05, 4.69) is 24.1 Å². The molecule has 0 saturated carbocycles. The average molecular weight is 353 g/mol. The number of rotatable bonds is 8. The molecule has 1 saturated heterocycles. The molecule has 7 heteroatoms. The van der Waals surface area contributed by atoms with Gasteiger partial charge in [-0.05, 0) is 25.3 Å². The van der Waals surface area contributed by atoms with Crippen molar-refractivity contribution in [2.45, 2.75) is 38.9 Å². The van der Waals surface area contributed by atoms with E-state index in [0.717, 1.165) is 11.4 Å². The van der Waals surface area contributed by atoms with Crippen LogP contribution < -0.4 is 5.32 Å². The van der Waals surface area contributed by atoms with Crippen molar-refractivity contribution in [3.8, 4) is 0 Å². The molecule has 1 aromatic heterocycles. The summed E-state index contributed by atoms with van der Waals surface area (Å²) in [4.78, 5) is 30.1. The molecule has 24 heavy (non-hydrogen) atoms. The van der Waals surface area contributed by atoms with Crippen LogP contribution in [0.3, 0.4) is 0 Å². The van der Waals surface area contributed by atoms with Crippen molar-refractivity contribution < 1.29 is 14.3 Å². The number of piperazine rings is 1. The van der Waals surface area contributed by atoms with Gasteiger partial charge in [-0.2, -0.15) is 0 Å². The highest BCUT2D eigenvalue weighted by molar-refractivity contribution is 7.09. The number of nitrogens with one attached hydrogen (secondary N) is 1. The second-order valence-corrected chi connectivity index (χ2v) is 7.26. The van der Waals surface area contributed by atoms with Crippen LogP contribution in [0.15, 0.2) is 17.5 Å². The van der Waals surface area contributed by atoms with Crippen LogP contribution in [0.2, 0.25) is 0 Å². The lowest BCUT2D eigenvalue weighted by Crippen LogP contribution is -2.58. The predicted molar refractivity (Wildman–Crippen MR) is 94.9 cm³/mol. The van der Waals surface area contributed by atoms with E-state index >= 15 is 0 Å². The Morgan fingerprint density at radius 2 is 2.33 bits per heavy atom. The first-order valence-corrected chi connectivity index (χ1v) is 9.23. The second-order valence-electron chi connectivity index (χ2n) is 6.23. The Kier molecular flexibility index (Phi) is 7.20. The fraction of sp³-hybridized carbons (Fsp3) is 0.647. The zero-order valence-electron chi connectivity index (χ0n) is 14.7. The zero-order chi connectivity index (χ0) is 17.5. The monoisotopic (exact) mass is 353 g/mol. The fourth-order valence-corrected chi connectivity index (χ4v) is 3.66. The van der Waals surface area contributed by atoms with E-state index in [1.807, 2.05) is 17.5 Å². The molecule has 2 rings (SSSR count). The van der Waals surface area contributed by atoms with Crippen molar-refractivity contribution in [1.29, 1.82) is 0 Å². The highest BCUT2D eigenvalue weighted by Gasteiger charge is 2.34. The van der Waals surface area contributed by atoms with E-state index in [0.29, 0.717) is 26.2 Å². The number of hydrogen-bond acceptors (Lipinski definition) is 5. The minimum absolute atomic E-state index is 0.00634. The topological polar surface area (TPSA) is 61.9 Å². The van der Waals surface area contributed by atoms with Crippen molar-refractivity contribution in [3.05, 3.63) is 22.4 Å². The largest absolute Gasteiger partial charge is 0.383 e. The Morgan fingerprint density at radius 3 is 2.96 bits per heavy atom. The minimum Gasteiger partial charge on any atom is -0.383 e. The van der Waals surface area contributed by atoms with E-state index < -0.39 is 0 Å². The first kappa shape index (κ1) is 18.9. The van der Waals surface area contributed by atoms with Crippen LogP contribution in [0.5, 0.6) is 0 Å². The number of amides is 2. The Balaban J connectivity index is 2.05. The highest BCUT2D eigenvalue weighted by Crippen LogP contribution is 2.17. The van der Waals surface area contributed by atoms with E-state index in [1.165, 1.54) is 0 Å². The van der Waals surface area contributed by atoms with E-state index in [4.69, 9.17) is 4.74 Å². The Hall–Kier alpha value is -1.44. The molecule has 0 bridgehead atoms. The average Bonchev–Trinajstić information content (AvgIpc) is 3.06. The third kappa shape index (κ3) is 5.03. The van der Waals surface area contributed by atoms with Crippen LogP contribution in [0, 0.1) is 0 Å². The standard InChI is InChI=1S/C17H27N3O3S/c1-13(2)20-7-6-18-17(22)15(20)11-16(21)19(8-9-23-3)12-14-5-4-10-24-14/h4-5,10,13,15H,6-9,11-12H2,1-3H3,(H,18,22)/t15-/m1/s1. The molecule has 0 aliphatic carbocycles. The fourth-order valence-electron chi connectivity index (χ4n) is 2.94. The number of methoxy groups -OCH3 is 1. The van der Waals surface area contributed by atoms with E-state index in [1.54, 1.807) is 23.3 Å². The van der Waals surface area contributed by atoms with Gasteiger partial charge in [-0.15, -0.1) is 11.3 Å². The van der Waals surface area contributed by atoms with Crippen molar-refractivity contribution in [2.75, 3.05) is 33.4 Å². The summed E-state index contributed by atoms with van der Waals surface area (Å²) in [5.41, 5.74) is 0. The molecule has 1 aliphatic rings. The lowest BCUT2D eigenvalue weighted by atomic mass is 10.1. The summed E-state index contributed by atoms with van der Waals surface area (Å²) < 4.78 is 5.13. The molecule has 2 heterocycles. The van der Waals surface area contributed by atoms with Gasteiger partial charge in [0.1, 0.15) is 0 Å². The normalized spacial score (nSPS) is 18.7. The first-order chi connectivity index (χ1) is 11.5. The summed E-state index contributed by atoms with van der Waals surface area (Å²) in [5.74, 6) is -0.0562. The number of nitrogens with zero attached hydrogens (tertiary/aromatic N) is 2. The molecule has 0 unspecified atom stereocenters. The molecule has 0 aromatic carbocycles. The van der Waals surface area contributed by atoms with Crippen molar-refractivity contribution in [1.82, 2.24) is 15.1 Å². The van der Waals surface area contributed by atoms with Gasteiger partial charge in [-0.3, -0.25) is 14.5 Å². The molecule has 2 amide bonds. The number of hydrogen-bond donors (Lipinski definition) is 1. The predicted octanol–water partition coefficient (Wildman–Crippen LogP) is 1.32. The van der Waals surface area contributed by atoms with Crippen LogP contribution in [-0.4, -0.2) is 67.0 Å². The van der Waals surface area contributed by atoms with Gasteiger partial charge in [-0.25, -0.2) is 0 Å². The van der Waals surface area contributed by atoms with Crippen LogP contribution in [-0.2, 0) is 20.9 Å². The number of carbonyl (C=O) groups excluding carboxylic acids is 2. The molecule has 1 aliphatic heterocycles. The quantitative estimate of drug-likeness (QED) is 0.766. The Bertz CT molecular complexity index is 533. The summed E-state index contributed by atoms with van der Waals surface area (Å²) in [7, 11) is 1.63. The SMILES string of the molecule is COCCN(Cc1cccs1)C(=O)C[C@@H]1C(=O)NCCN1C(C)C. The van der Waals surface area contributed by atoms with Gasteiger partial charge in [-0.1, -0.05) is 6.07 Å². The van der Waals surface area contributed by atoms with Gasteiger partial charge >= 0.3 is 0 Å². The van der Waals surface area contributed by atoms with Gasteiger partial charge in [0.05, 0.1) is 25.6 Å². The maximum absolute atomic E-state index is 12.8. The molecular formula is C17H27N3O3S. The van der Waals surface area contributed by atoms with Crippen LogP contribution in [0.25, 0.3) is 0 Å². The molecule has 1 fully saturated rings. The molecule has 6 nitrogen and oxygen atoms in total. The van der Waals surface area contributed by atoms with Crippen LogP contribution in [0.4, 0.5) is 0 Å². The lowest BCUT2D eigenvalue weighted by Gasteiger charge is -2.38. The molecule has 134 valence electrons. The van der Waals surface area contributed by atoms with Gasteiger partial charge < -0.3 is 15.0 Å². The molecular weight excluding hydrogens is 326 g/mol. The van der Waals surface area contributed by atoms with E-state index in [9.17, 15) is 9.59 Å². The molecule has 0 radical (unpaired) electrons. The lowest BCUT2D eigenvalue weighted by molar-refractivity contribution is -0.140. The third-order valence-corrected chi connectivity index (χ3v) is 5.11. The summed E-state index contributed by atoms with van der Waals surface area (Å²) >= 11 is 1.63.